The summed E-state index contributed by atoms with van der Waals surface area (Å²) in [5, 5.41) is 2.66. The Morgan fingerprint density at radius 2 is 2.06 bits per heavy atom. The van der Waals surface area contributed by atoms with E-state index in [1.807, 2.05) is 0 Å². The molecule has 0 spiro atoms. The maximum Gasteiger partial charge on any atom is 0.416 e. The fourth-order valence-electron chi connectivity index (χ4n) is 1.28. The first kappa shape index (κ1) is 14.6. The maximum absolute atomic E-state index is 12.5. The normalized spacial score (nSPS) is 13.0. The molecule has 0 heterocycles. The third-order valence-corrected chi connectivity index (χ3v) is 2.55. The molecule has 0 bridgehead atoms. The van der Waals surface area contributed by atoms with Crippen molar-refractivity contribution in [3.63, 3.8) is 0 Å². The number of esters is 1. The number of halogens is 4. The van der Waals surface area contributed by atoms with Gasteiger partial charge in [0.05, 0.1) is 23.4 Å². The van der Waals surface area contributed by atoms with Gasteiger partial charge in [0.2, 0.25) is 0 Å². The number of carbonyl (C=O) groups is 1. The van der Waals surface area contributed by atoms with E-state index in [-0.39, 0.29) is 10.7 Å². The van der Waals surface area contributed by atoms with Gasteiger partial charge in [-0.3, -0.25) is 0 Å². The van der Waals surface area contributed by atoms with E-state index in [9.17, 15) is 18.0 Å². The van der Waals surface area contributed by atoms with Crippen LogP contribution < -0.4 is 5.32 Å². The summed E-state index contributed by atoms with van der Waals surface area (Å²) in [6, 6.07) is 2.05. The Labute approximate surface area is 107 Å². The third kappa shape index (κ3) is 3.53. The first-order chi connectivity index (χ1) is 8.25. The van der Waals surface area contributed by atoms with Crippen LogP contribution in [0.2, 0.25) is 5.02 Å². The van der Waals surface area contributed by atoms with Gasteiger partial charge in [-0.2, -0.15) is 13.2 Å². The van der Waals surface area contributed by atoms with Crippen LogP contribution in [0, 0.1) is 0 Å². The van der Waals surface area contributed by atoms with Crippen LogP contribution in [0.4, 0.5) is 18.9 Å². The Morgan fingerprint density at radius 3 is 2.56 bits per heavy atom. The van der Waals surface area contributed by atoms with E-state index >= 15 is 0 Å². The molecule has 1 N–H and O–H groups in total. The van der Waals surface area contributed by atoms with Crippen molar-refractivity contribution in [2.45, 2.75) is 19.1 Å². The lowest BCUT2D eigenvalue weighted by Gasteiger charge is -2.16. The van der Waals surface area contributed by atoms with Gasteiger partial charge >= 0.3 is 12.1 Å². The molecule has 0 saturated heterocycles. The van der Waals surface area contributed by atoms with E-state index in [1.165, 1.54) is 14.0 Å². The second-order valence-corrected chi connectivity index (χ2v) is 3.99. The first-order valence-corrected chi connectivity index (χ1v) is 5.34. The number of hydrogen-bond acceptors (Lipinski definition) is 3. The van der Waals surface area contributed by atoms with Crippen molar-refractivity contribution in [2.75, 3.05) is 12.4 Å². The van der Waals surface area contributed by atoms with Crippen LogP contribution in [0.3, 0.4) is 0 Å². The minimum absolute atomic E-state index is 0.0318. The molecule has 0 amide bonds. The highest BCUT2D eigenvalue weighted by atomic mass is 35.5. The Balaban J connectivity index is 2.98. The summed E-state index contributed by atoms with van der Waals surface area (Å²) in [6.07, 6.45) is -4.46. The minimum Gasteiger partial charge on any atom is -0.467 e. The second kappa shape index (κ2) is 5.48. The lowest BCUT2D eigenvalue weighted by Crippen LogP contribution is -2.27. The van der Waals surface area contributed by atoms with Gasteiger partial charge in [-0.15, -0.1) is 0 Å². The number of alkyl halides is 3. The van der Waals surface area contributed by atoms with Gasteiger partial charge in [0.1, 0.15) is 6.04 Å². The van der Waals surface area contributed by atoms with Crippen LogP contribution >= 0.6 is 11.6 Å². The van der Waals surface area contributed by atoms with Crippen molar-refractivity contribution in [3.8, 4) is 0 Å². The molecule has 3 nitrogen and oxygen atoms in total. The average molecular weight is 282 g/mol. The zero-order chi connectivity index (χ0) is 13.9. The molecule has 100 valence electrons. The summed E-state index contributed by atoms with van der Waals surface area (Å²) in [4.78, 5) is 11.2. The predicted octanol–water partition coefficient (Wildman–Crippen LogP) is 3.33. The summed E-state index contributed by atoms with van der Waals surface area (Å²) in [5.41, 5.74) is -0.809. The summed E-state index contributed by atoms with van der Waals surface area (Å²) < 4.78 is 42.0. The summed E-state index contributed by atoms with van der Waals surface area (Å²) in [7, 11) is 1.19. The van der Waals surface area contributed by atoms with Crippen LogP contribution in [0.25, 0.3) is 0 Å². The molecule has 0 saturated carbocycles. The van der Waals surface area contributed by atoms with Crippen LogP contribution in [-0.4, -0.2) is 19.1 Å². The van der Waals surface area contributed by atoms with Crippen molar-refractivity contribution in [2.24, 2.45) is 0 Å². The highest BCUT2D eigenvalue weighted by Crippen LogP contribution is 2.34. The van der Waals surface area contributed by atoms with E-state index in [0.29, 0.717) is 0 Å². The molecule has 0 aliphatic carbocycles. The van der Waals surface area contributed by atoms with E-state index in [4.69, 9.17) is 11.6 Å². The Morgan fingerprint density at radius 1 is 1.44 bits per heavy atom. The molecular formula is C11H11ClF3NO2. The van der Waals surface area contributed by atoms with E-state index in [0.717, 1.165) is 18.2 Å². The van der Waals surface area contributed by atoms with Gasteiger partial charge < -0.3 is 10.1 Å². The van der Waals surface area contributed by atoms with Crippen molar-refractivity contribution in [1.29, 1.82) is 0 Å². The van der Waals surface area contributed by atoms with Crippen LogP contribution in [0.5, 0.6) is 0 Å². The van der Waals surface area contributed by atoms with Gasteiger partial charge in [0, 0.05) is 0 Å². The van der Waals surface area contributed by atoms with Crippen molar-refractivity contribution in [1.82, 2.24) is 0 Å². The molecule has 1 unspecified atom stereocenters. The molecule has 0 aliphatic rings. The molecule has 0 aromatic heterocycles. The fraction of sp³-hybridized carbons (Fsp3) is 0.364. The van der Waals surface area contributed by atoms with E-state index in [2.05, 4.69) is 10.1 Å². The summed E-state index contributed by atoms with van der Waals surface area (Å²) in [6.45, 7) is 1.46. The molecule has 1 aromatic carbocycles. The van der Waals surface area contributed by atoms with Gasteiger partial charge in [0.25, 0.3) is 0 Å². The first-order valence-electron chi connectivity index (χ1n) is 4.97. The topological polar surface area (TPSA) is 38.3 Å². The van der Waals surface area contributed by atoms with Gasteiger partial charge in [-0.1, -0.05) is 11.6 Å². The summed E-state index contributed by atoms with van der Waals surface area (Å²) >= 11 is 5.76. The molecule has 0 aliphatic heterocycles. The molecule has 1 aromatic rings. The fourth-order valence-corrected chi connectivity index (χ4v) is 1.45. The standard InChI is InChI=1S/C11H11ClF3NO2/c1-6(10(17)18-2)16-9-5-7(11(13,14)15)3-4-8(9)12/h3-6,16H,1-2H3. The van der Waals surface area contributed by atoms with Crippen LogP contribution in [0.15, 0.2) is 18.2 Å². The number of nitrogens with one attached hydrogen (secondary N) is 1. The number of anilines is 1. The van der Waals surface area contributed by atoms with Crippen LogP contribution in [0.1, 0.15) is 12.5 Å². The Kier molecular flexibility index (Phi) is 4.45. The molecule has 18 heavy (non-hydrogen) atoms. The molecular weight excluding hydrogens is 271 g/mol. The van der Waals surface area contributed by atoms with Crippen molar-refractivity contribution < 1.29 is 22.7 Å². The molecule has 7 heteroatoms. The smallest absolute Gasteiger partial charge is 0.416 e. The number of hydrogen-bond donors (Lipinski definition) is 1. The van der Waals surface area contributed by atoms with Crippen molar-refractivity contribution >= 4 is 23.3 Å². The van der Waals surface area contributed by atoms with E-state index in [1.54, 1.807) is 0 Å². The summed E-state index contributed by atoms with van der Waals surface area (Å²) in [5.74, 6) is -0.594. The maximum atomic E-state index is 12.5. The quantitative estimate of drug-likeness (QED) is 0.864. The second-order valence-electron chi connectivity index (χ2n) is 3.58. The molecule has 1 atom stereocenters. The number of carbonyl (C=O) groups excluding carboxylic acids is 1. The number of ether oxygens (including phenoxy) is 1. The largest absolute Gasteiger partial charge is 0.467 e. The van der Waals surface area contributed by atoms with Crippen LogP contribution in [-0.2, 0) is 15.7 Å². The lowest BCUT2D eigenvalue weighted by molar-refractivity contribution is -0.141. The minimum atomic E-state index is -4.46. The predicted molar refractivity (Wildman–Crippen MR) is 61.6 cm³/mol. The highest BCUT2D eigenvalue weighted by molar-refractivity contribution is 6.33. The van der Waals surface area contributed by atoms with Gasteiger partial charge in [-0.05, 0) is 25.1 Å². The average Bonchev–Trinajstić information content (AvgIpc) is 2.29. The monoisotopic (exact) mass is 281 g/mol. The SMILES string of the molecule is COC(=O)C(C)Nc1cc(C(F)(F)F)ccc1Cl. The zero-order valence-corrected chi connectivity index (χ0v) is 10.4. The number of methoxy groups -OCH3 is 1. The van der Waals surface area contributed by atoms with Gasteiger partial charge in [0.15, 0.2) is 0 Å². The third-order valence-electron chi connectivity index (χ3n) is 2.22. The van der Waals surface area contributed by atoms with E-state index < -0.39 is 23.8 Å². The molecule has 0 radical (unpaired) electrons. The lowest BCUT2D eigenvalue weighted by atomic mass is 10.2. The Bertz CT molecular complexity index is 448. The molecule has 0 fully saturated rings. The van der Waals surface area contributed by atoms with Gasteiger partial charge in [-0.25, -0.2) is 4.79 Å². The Hall–Kier alpha value is -1.43. The van der Waals surface area contributed by atoms with Crippen molar-refractivity contribution in [3.05, 3.63) is 28.8 Å². The number of rotatable bonds is 3. The number of benzene rings is 1. The zero-order valence-electron chi connectivity index (χ0n) is 9.64. The highest BCUT2D eigenvalue weighted by Gasteiger charge is 2.31. The molecule has 1 rings (SSSR count).